The number of hydrogen-bond donors (Lipinski definition) is 4. The van der Waals surface area contributed by atoms with E-state index in [-0.39, 0.29) is 49.0 Å². The lowest BCUT2D eigenvalue weighted by molar-refractivity contribution is -0.142. The summed E-state index contributed by atoms with van der Waals surface area (Å²) < 4.78 is 10.00. The molecule has 0 saturated carbocycles. The number of carboxylic acids is 2. The van der Waals surface area contributed by atoms with E-state index in [0.717, 1.165) is 0 Å². The molecule has 3 rings (SSSR count). The molecule has 168 valence electrons. The summed E-state index contributed by atoms with van der Waals surface area (Å²) in [6.45, 7) is -0.201. The zero-order valence-electron chi connectivity index (χ0n) is 17.1. The summed E-state index contributed by atoms with van der Waals surface area (Å²) in [7, 11) is 0. The standard InChI is InChI=1S/C22H22N2O8/c25-17(26)11-31-9-7-23-15-5-6-16(24-8-10-32-12-18(27)28)20-19(15)21(29)13-3-1-2-4-14(13)22(20)30/h1-6,23-24H,7-12H2,(H,25,26)(H,27,28). The monoisotopic (exact) mass is 442 g/mol. The van der Waals surface area contributed by atoms with Crippen LogP contribution >= 0.6 is 0 Å². The van der Waals surface area contributed by atoms with E-state index in [1.807, 2.05) is 0 Å². The van der Waals surface area contributed by atoms with Crippen molar-refractivity contribution in [3.05, 3.63) is 58.7 Å². The fourth-order valence-corrected chi connectivity index (χ4v) is 3.35. The van der Waals surface area contributed by atoms with Crippen molar-refractivity contribution in [2.75, 3.05) is 50.2 Å². The number of nitrogens with one attached hydrogen (secondary N) is 2. The minimum atomic E-state index is -1.08. The first kappa shape index (κ1) is 22.9. The second kappa shape index (κ2) is 10.5. The fourth-order valence-electron chi connectivity index (χ4n) is 3.35. The third-order valence-electron chi connectivity index (χ3n) is 4.65. The van der Waals surface area contributed by atoms with E-state index in [9.17, 15) is 19.2 Å². The topological polar surface area (TPSA) is 151 Å². The van der Waals surface area contributed by atoms with Crippen molar-refractivity contribution in [2.24, 2.45) is 0 Å². The Morgan fingerprint density at radius 1 is 0.719 bits per heavy atom. The van der Waals surface area contributed by atoms with E-state index in [2.05, 4.69) is 10.6 Å². The highest BCUT2D eigenvalue weighted by molar-refractivity contribution is 6.31. The first-order valence-corrected chi connectivity index (χ1v) is 9.82. The van der Waals surface area contributed by atoms with Gasteiger partial charge in [-0.2, -0.15) is 0 Å². The zero-order valence-corrected chi connectivity index (χ0v) is 17.1. The van der Waals surface area contributed by atoms with Gasteiger partial charge in [-0.15, -0.1) is 0 Å². The maximum atomic E-state index is 13.2. The van der Waals surface area contributed by atoms with E-state index in [1.165, 1.54) is 0 Å². The summed E-state index contributed by atoms with van der Waals surface area (Å²) in [5, 5.41) is 23.3. The maximum absolute atomic E-state index is 13.2. The number of anilines is 2. The Hall–Kier alpha value is -3.76. The summed E-state index contributed by atoms with van der Waals surface area (Å²) in [5.41, 5.74) is 1.89. The largest absolute Gasteiger partial charge is 0.480 e. The van der Waals surface area contributed by atoms with Gasteiger partial charge < -0.3 is 30.3 Å². The number of ether oxygens (including phenoxy) is 2. The van der Waals surface area contributed by atoms with Crippen molar-refractivity contribution in [3.8, 4) is 0 Å². The molecule has 4 N–H and O–H groups in total. The van der Waals surface area contributed by atoms with Gasteiger partial charge in [0.05, 0.1) is 24.3 Å². The van der Waals surface area contributed by atoms with E-state index in [1.54, 1.807) is 36.4 Å². The van der Waals surface area contributed by atoms with Gasteiger partial charge in [-0.05, 0) is 12.1 Å². The van der Waals surface area contributed by atoms with Crippen LogP contribution in [0.4, 0.5) is 11.4 Å². The molecule has 0 saturated heterocycles. The highest BCUT2D eigenvalue weighted by atomic mass is 16.5. The summed E-state index contributed by atoms with van der Waals surface area (Å²) >= 11 is 0. The normalized spacial score (nSPS) is 12.1. The van der Waals surface area contributed by atoms with Crippen LogP contribution in [-0.4, -0.2) is 73.2 Å². The van der Waals surface area contributed by atoms with Gasteiger partial charge in [0.25, 0.3) is 0 Å². The number of hydrogen-bond acceptors (Lipinski definition) is 8. The number of carbonyl (C=O) groups excluding carboxylic acids is 2. The molecule has 0 aromatic heterocycles. The third kappa shape index (κ3) is 5.29. The SMILES string of the molecule is O=C(O)COCCNc1ccc(NCCOCC(=O)O)c2c1C(=O)c1ccccc1C2=O. The Labute approximate surface area is 183 Å². The first-order chi connectivity index (χ1) is 15.4. The van der Waals surface area contributed by atoms with Crippen molar-refractivity contribution in [3.63, 3.8) is 0 Å². The second-order valence-corrected chi connectivity index (χ2v) is 6.86. The molecule has 0 atom stereocenters. The average molecular weight is 442 g/mol. The van der Waals surface area contributed by atoms with Crippen LogP contribution in [0.2, 0.25) is 0 Å². The molecule has 0 aliphatic heterocycles. The molecule has 32 heavy (non-hydrogen) atoms. The molecule has 0 fully saturated rings. The fraction of sp³-hybridized carbons (Fsp3) is 0.273. The summed E-state index contributed by atoms with van der Waals surface area (Å²) in [6.07, 6.45) is 0. The van der Waals surface area contributed by atoms with E-state index in [4.69, 9.17) is 19.7 Å². The molecule has 0 bridgehead atoms. The van der Waals surface area contributed by atoms with Gasteiger partial charge in [-0.1, -0.05) is 24.3 Å². The van der Waals surface area contributed by atoms with Crippen molar-refractivity contribution >= 4 is 34.9 Å². The lowest BCUT2D eigenvalue weighted by atomic mass is 9.82. The molecular formula is C22H22N2O8. The molecule has 1 aliphatic carbocycles. The number of carbonyl (C=O) groups is 4. The van der Waals surface area contributed by atoms with Gasteiger partial charge in [0.15, 0.2) is 11.6 Å². The first-order valence-electron chi connectivity index (χ1n) is 9.82. The average Bonchev–Trinajstić information content (AvgIpc) is 2.76. The number of rotatable bonds is 12. The minimum absolute atomic E-state index is 0.0979. The van der Waals surface area contributed by atoms with E-state index >= 15 is 0 Å². The van der Waals surface area contributed by atoms with Gasteiger partial charge >= 0.3 is 11.9 Å². The molecule has 10 nitrogen and oxygen atoms in total. The number of benzene rings is 2. The highest BCUT2D eigenvalue weighted by Crippen LogP contribution is 2.36. The van der Waals surface area contributed by atoms with Crippen LogP contribution in [0.1, 0.15) is 31.8 Å². The third-order valence-corrected chi connectivity index (χ3v) is 4.65. The molecule has 2 aromatic rings. The Balaban J connectivity index is 1.84. The van der Waals surface area contributed by atoms with Crippen molar-refractivity contribution in [1.82, 2.24) is 0 Å². The Morgan fingerprint density at radius 3 is 1.50 bits per heavy atom. The second-order valence-electron chi connectivity index (χ2n) is 6.86. The van der Waals surface area contributed by atoms with E-state index in [0.29, 0.717) is 22.5 Å². The van der Waals surface area contributed by atoms with Crippen LogP contribution < -0.4 is 10.6 Å². The molecule has 1 aliphatic rings. The minimum Gasteiger partial charge on any atom is -0.480 e. The van der Waals surface area contributed by atoms with Gasteiger partial charge in [0, 0.05) is 35.6 Å². The number of aliphatic carboxylic acids is 2. The van der Waals surface area contributed by atoms with Gasteiger partial charge in [-0.3, -0.25) is 9.59 Å². The predicted molar refractivity (Wildman–Crippen MR) is 114 cm³/mol. The smallest absolute Gasteiger partial charge is 0.329 e. The van der Waals surface area contributed by atoms with Crippen LogP contribution in [0.25, 0.3) is 0 Å². The van der Waals surface area contributed by atoms with Crippen LogP contribution in [0, 0.1) is 0 Å². The van der Waals surface area contributed by atoms with Gasteiger partial charge in [0.2, 0.25) is 0 Å². The Bertz CT molecular complexity index is 968. The number of carboxylic acid groups (broad SMARTS) is 2. The molecule has 0 spiro atoms. The van der Waals surface area contributed by atoms with Crippen molar-refractivity contribution in [2.45, 2.75) is 0 Å². The van der Waals surface area contributed by atoms with Crippen LogP contribution in [0.5, 0.6) is 0 Å². The van der Waals surface area contributed by atoms with Gasteiger partial charge in [-0.25, -0.2) is 9.59 Å². The maximum Gasteiger partial charge on any atom is 0.329 e. The number of ketones is 2. The van der Waals surface area contributed by atoms with Gasteiger partial charge in [0.1, 0.15) is 13.2 Å². The van der Waals surface area contributed by atoms with Crippen LogP contribution in [0.15, 0.2) is 36.4 Å². The van der Waals surface area contributed by atoms with E-state index < -0.39 is 25.2 Å². The number of fused-ring (bicyclic) bond motifs is 2. The summed E-state index contributed by atoms with van der Waals surface area (Å²) in [5.74, 6) is -2.78. The van der Waals surface area contributed by atoms with Crippen molar-refractivity contribution in [1.29, 1.82) is 0 Å². The van der Waals surface area contributed by atoms with Crippen LogP contribution in [0.3, 0.4) is 0 Å². The molecule has 0 radical (unpaired) electrons. The lowest BCUT2D eigenvalue weighted by Crippen LogP contribution is -2.25. The quantitative estimate of drug-likeness (QED) is 0.304. The van der Waals surface area contributed by atoms with Crippen molar-refractivity contribution < 1.29 is 38.9 Å². The van der Waals surface area contributed by atoms with Crippen LogP contribution in [-0.2, 0) is 19.1 Å². The molecule has 0 unspecified atom stereocenters. The Kier molecular flexibility index (Phi) is 7.53. The molecule has 2 aromatic carbocycles. The molecule has 0 heterocycles. The Morgan fingerprint density at radius 2 is 1.12 bits per heavy atom. The summed E-state index contributed by atoms with van der Waals surface area (Å²) in [6, 6.07) is 9.86. The summed E-state index contributed by atoms with van der Waals surface area (Å²) in [4.78, 5) is 47.6. The lowest BCUT2D eigenvalue weighted by Gasteiger charge is -2.24. The molecular weight excluding hydrogens is 420 g/mol. The predicted octanol–water partition coefficient (Wildman–Crippen LogP) is 1.49. The zero-order chi connectivity index (χ0) is 23.1. The molecule has 10 heteroatoms. The highest BCUT2D eigenvalue weighted by Gasteiger charge is 2.33. The molecule has 0 amide bonds.